The molecule has 210 valence electrons. The fraction of sp³-hybridized carbons (Fsp3) is 0.353. The van der Waals surface area contributed by atoms with E-state index in [2.05, 4.69) is 75.6 Å². The molecule has 3 aromatic carbocycles. The number of benzene rings is 3. The van der Waals surface area contributed by atoms with Crippen molar-refractivity contribution in [1.29, 1.82) is 0 Å². The Labute approximate surface area is 241 Å². The van der Waals surface area contributed by atoms with Gasteiger partial charge in [0.2, 0.25) is 0 Å². The molecule has 1 atom stereocenters. The minimum Gasteiger partial charge on any atom is -0.495 e. The van der Waals surface area contributed by atoms with E-state index in [1.807, 2.05) is 24.0 Å². The quantitative estimate of drug-likeness (QED) is 0.320. The van der Waals surface area contributed by atoms with Gasteiger partial charge < -0.3 is 15.0 Å². The molecule has 41 heavy (non-hydrogen) atoms. The van der Waals surface area contributed by atoms with Crippen molar-refractivity contribution >= 4 is 33.9 Å². The molecule has 4 aromatic rings. The minimum absolute atomic E-state index is 0.105. The van der Waals surface area contributed by atoms with Crippen molar-refractivity contribution in [2.45, 2.75) is 39.2 Å². The van der Waals surface area contributed by atoms with Gasteiger partial charge in [-0.25, -0.2) is 4.79 Å². The zero-order valence-electron chi connectivity index (χ0n) is 24.1. The van der Waals surface area contributed by atoms with Crippen molar-refractivity contribution in [2.75, 3.05) is 55.0 Å². The molecular formula is C34H37N5O2. The van der Waals surface area contributed by atoms with Gasteiger partial charge in [-0.15, -0.1) is 0 Å². The fourth-order valence-corrected chi connectivity index (χ4v) is 7.04. The van der Waals surface area contributed by atoms with Crippen LogP contribution in [0.15, 0.2) is 60.7 Å². The molecule has 1 aromatic heterocycles. The predicted molar refractivity (Wildman–Crippen MR) is 167 cm³/mol. The van der Waals surface area contributed by atoms with E-state index in [9.17, 15) is 4.79 Å². The summed E-state index contributed by atoms with van der Waals surface area (Å²) in [7, 11) is 1.75. The molecule has 0 saturated carbocycles. The second-order valence-electron chi connectivity index (χ2n) is 11.6. The smallest absolute Gasteiger partial charge is 0.326 e. The molecule has 4 heterocycles. The Bertz CT molecular complexity index is 1650. The molecule has 1 N–H and O–H groups in total. The number of aryl methyl sites for hydroxylation is 2. The number of urea groups is 1. The fourth-order valence-electron chi connectivity index (χ4n) is 7.04. The average Bonchev–Trinajstić information content (AvgIpc) is 3.63. The van der Waals surface area contributed by atoms with Gasteiger partial charge >= 0.3 is 6.03 Å². The largest absolute Gasteiger partial charge is 0.495 e. The molecule has 3 aliphatic heterocycles. The average molecular weight is 548 g/mol. The molecule has 2 amide bonds. The number of rotatable bonds is 4. The number of nitrogens with zero attached hydrogens (tertiary/aromatic N) is 4. The first-order valence-corrected chi connectivity index (χ1v) is 14.7. The molecule has 0 spiro atoms. The highest BCUT2D eigenvalue weighted by atomic mass is 16.5. The Morgan fingerprint density at radius 1 is 0.927 bits per heavy atom. The molecule has 7 rings (SSSR count). The molecular weight excluding hydrogens is 510 g/mol. The Kier molecular flexibility index (Phi) is 6.54. The van der Waals surface area contributed by atoms with Gasteiger partial charge in [-0.2, -0.15) is 0 Å². The lowest BCUT2D eigenvalue weighted by atomic mass is 9.96. The van der Waals surface area contributed by atoms with E-state index in [0.717, 1.165) is 87.7 Å². The number of piperazine rings is 1. The Morgan fingerprint density at radius 3 is 2.63 bits per heavy atom. The number of amides is 2. The highest BCUT2D eigenvalue weighted by Crippen LogP contribution is 2.41. The molecule has 0 bridgehead atoms. The Morgan fingerprint density at radius 2 is 1.78 bits per heavy atom. The van der Waals surface area contributed by atoms with Gasteiger partial charge in [-0.3, -0.25) is 14.8 Å². The summed E-state index contributed by atoms with van der Waals surface area (Å²) in [4.78, 5) is 25.4. The molecule has 2 fully saturated rings. The maximum Gasteiger partial charge on any atom is 0.326 e. The van der Waals surface area contributed by atoms with Crippen LogP contribution < -0.4 is 19.9 Å². The number of carbonyl (C=O) groups excluding carboxylic acids is 1. The predicted octanol–water partition coefficient (Wildman–Crippen LogP) is 6.41. The summed E-state index contributed by atoms with van der Waals surface area (Å²) in [6.45, 7) is 8.99. The number of methoxy groups -OCH3 is 1. The van der Waals surface area contributed by atoms with Crippen LogP contribution >= 0.6 is 0 Å². The molecule has 3 aliphatic rings. The molecule has 2 saturated heterocycles. The Hall–Kier alpha value is -4.10. The van der Waals surface area contributed by atoms with Crippen molar-refractivity contribution in [3.8, 4) is 16.9 Å². The molecule has 7 heteroatoms. The lowest BCUT2D eigenvalue weighted by molar-refractivity contribution is 0.230. The van der Waals surface area contributed by atoms with Crippen molar-refractivity contribution < 1.29 is 9.53 Å². The van der Waals surface area contributed by atoms with Crippen molar-refractivity contribution in [3.63, 3.8) is 0 Å². The summed E-state index contributed by atoms with van der Waals surface area (Å²) in [6, 6.07) is 21.4. The lowest BCUT2D eigenvalue weighted by Gasteiger charge is -2.39. The molecule has 0 unspecified atom stereocenters. The summed E-state index contributed by atoms with van der Waals surface area (Å²) in [5.41, 5.74) is 8.28. The van der Waals surface area contributed by atoms with Gasteiger partial charge in [0.15, 0.2) is 0 Å². The zero-order valence-corrected chi connectivity index (χ0v) is 24.1. The highest BCUT2D eigenvalue weighted by molar-refractivity contribution is 6.11. The number of carbonyl (C=O) groups is 1. The lowest BCUT2D eigenvalue weighted by Crippen LogP contribution is -2.50. The van der Waals surface area contributed by atoms with Crippen LogP contribution in [0.5, 0.6) is 5.75 Å². The second-order valence-corrected chi connectivity index (χ2v) is 11.6. The SMILES string of the molecule is COc1cc2c(cc1N1CCN3CCC[C@H]3C1)N(C(=O)Nc1cccc3c(-c4ccc(C)nc4C)cccc13)CC2. The van der Waals surface area contributed by atoms with Gasteiger partial charge in [-0.1, -0.05) is 36.4 Å². The van der Waals surface area contributed by atoms with E-state index in [1.54, 1.807) is 7.11 Å². The van der Waals surface area contributed by atoms with Crippen LogP contribution in [0.2, 0.25) is 0 Å². The summed E-state index contributed by atoms with van der Waals surface area (Å²) >= 11 is 0. The summed E-state index contributed by atoms with van der Waals surface area (Å²) in [5, 5.41) is 5.36. The number of anilines is 3. The summed E-state index contributed by atoms with van der Waals surface area (Å²) < 4.78 is 5.86. The maximum atomic E-state index is 13.8. The minimum atomic E-state index is -0.105. The van der Waals surface area contributed by atoms with Gasteiger partial charge in [-0.05, 0) is 80.4 Å². The highest BCUT2D eigenvalue weighted by Gasteiger charge is 2.33. The van der Waals surface area contributed by atoms with E-state index >= 15 is 0 Å². The number of nitrogens with one attached hydrogen (secondary N) is 1. The monoisotopic (exact) mass is 547 g/mol. The van der Waals surface area contributed by atoms with Crippen LogP contribution in [0.4, 0.5) is 21.9 Å². The first kappa shape index (κ1) is 25.8. The molecule has 7 nitrogen and oxygen atoms in total. The summed E-state index contributed by atoms with van der Waals surface area (Å²) in [6.07, 6.45) is 3.35. The second kappa shape index (κ2) is 10.4. The van der Waals surface area contributed by atoms with Crippen LogP contribution in [0.1, 0.15) is 29.8 Å². The van der Waals surface area contributed by atoms with Crippen LogP contribution in [-0.2, 0) is 6.42 Å². The number of aromatic nitrogens is 1. The van der Waals surface area contributed by atoms with E-state index in [0.29, 0.717) is 12.6 Å². The Balaban J connectivity index is 1.19. The van der Waals surface area contributed by atoms with Gasteiger partial charge in [0, 0.05) is 54.6 Å². The van der Waals surface area contributed by atoms with Crippen molar-refractivity contribution in [2.24, 2.45) is 0 Å². The maximum absolute atomic E-state index is 13.8. The van der Waals surface area contributed by atoms with Gasteiger partial charge in [0.25, 0.3) is 0 Å². The summed E-state index contributed by atoms with van der Waals surface area (Å²) in [5.74, 6) is 0.903. The van der Waals surface area contributed by atoms with Crippen molar-refractivity contribution in [3.05, 3.63) is 77.6 Å². The van der Waals surface area contributed by atoms with Gasteiger partial charge in [0.05, 0.1) is 24.2 Å². The number of fused-ring (bicyclic) bond motifs is 3. The van der Waals surface area contributed by atoms with E-state index < -0.39 is 0 Å². The standard InChI is InChI=1S/C34H37N5O2/c1-22-12-13-26(23(2)35-22)27-8-4-10-29-28(27)9-5-11-30(29)36-34(40)39-16-14-24-19-33(41-3)32(20-31(24)39)38-18-17-37-15-6-7-25(37)21-38/h4-5,8-13,19-20,25H,6-7,14-18,21H2,1-3H3,(H,36,40)/t25-/m0/s1. The van der Waals surface area contributed by atoms with Gasteiger partial charge in [0.1, 0.15) is 5.75 Å². The third kappa shape index (κ3) is 4.58. The van der Waals surface area contributed by atoms with Crippen LogP contribution in [-0.4, -0.2) is 61.8 Å². The third-order valence-electron chi connectivity index (χ3n) is 9.13. The first-order chi connectivity index (χ1) is 20.0. The van der Waals surface area contributed by atoms with Crippen molar-refractivity contribution in [1.82, 2.24) is 9.88 Å². The molecule has 0 aliphatic carbocycles. The number of hydrogen-bond acceptors (Lipinski definition) is 5. The molecule has 0 radical (unpaired) electrons. The van der Waals surface area contributed by atoms with Crippen LogP contribution in [0.3, 0.4) is 0 Å². The first-order valence-electron chi connectivity index (χ1n) is 14.7. The number of pyridine rings is 1. The third-order valence-corrected chi connectivity index (χ3v) is 9.13. The van der Waals surface area contributed by atoms with E-state index in [4.69, 9.17) is 4.74 Å². The zero-order chi connectivity index (χ0) is 28.1. The van der Waals surface area contributed by atoms with Crippen LogP contribution in [0, 0.1) is 13.8 Å². The van der Waals surface area contributed by atoms with Crippen LogP contribution in [0.25, 0.3) is 21.9 Å². The van der Waals surface area contributed by atoms with E-state index in [1.165, 1.54) is 19.4 Å². The van der Waals surface area contributed by atoms with E-state index in [-0.39, 0.29) is 6.03 Å². The topological polar surface area (TPSA) is 60.9 Å². The number of hydrogen-bond donors (Lipinski definition) is 1. The normalized spacial score (nSPS) is 18.5. The number of ether oxygens (including phenoxy) is 1.